The molecule has 0 aliphatic rings. The van der Waals surface area contributed by atoms with Gasteiger partial charge in [-0.3, -0.25) is 0 Å². The van der Waals surface area contributed by atoms with Gasteiger partial charge in [-0.25, -0.2) is 4.39 Å². The van der Waals surface area contributed by atoms with Crippen molar-refractivity contribution < 1.29 is 18.4 Å². The first kappa shape index (κ1) is 16.1. The van der Waals surface area contributed by atoms with E-state index in [1.54, 1.807) is 32.0 Å². The first-order valence-corrected chi connectivity index (χ1v) is 7.91. The fourth-order valence-electron chi connectivity index (χ4n) is 3.28. The van der Waals surface area contributed by atoms with E-state index in [2.05, 4.69) is 5.16 Å². The minimum atomic E-state index is -1.32. The Labute approximate surface area is 147 Å². The Balaban J connectivity index is 2.19. The molecule has 7 heteroatoms. The molecule has 0 amide bonds. The lowest BCUT2D eigenvalue weighted by Gasteiger charge is -2.13. The number of anilines is 1. The minimum absolute atomic E-state index is 0.0665. The molecule has 2 aromatic carbocycles. The second-order valence-electron chi connectivity index (χ2n) is 6.05. The standard InChI is InChI=1S/C19H15F2N3O2/c1-9-15(10(2)26-23-9)19-18(22)11-5-3-4-6-12(11)24(19)13-7-8-14(25)17(21)16(13)20/h3-8,25H,22H2,1-2H3. The van der Waals surface area contributed by atoms with Crippen LogP contribution < -0.4 is 5.73 Å². The monoisotopic (exact) mass is 355 g/mol. The van der Waals surface area contributed by atoms with E-state index in [-0.39, 0.29) is 5.69 Å². The number of halogens is 2. The van der Waals surface area contributed by atoms with E-state index in [0.29, 0.717) is 39.3 Å². The molecule has 2 heterocycles. The molecule has 0 radical (unpaired) electrons. The Morgan fingerprint density at radius 2 is 1.81 bits per heavy atom. The maximum atomic E-state index is 14.7. The third-order valence-electron chi connectivity index (χ3n) is 4.47. The summed E-state index contributed by atoms with van der Waals surface area (Å²) in [6.45, 7) is 3.48. The van der Waals surface area contributed by atoms with Crippen molar-refractivity contribution in [3.05, 3.63) is 59.5 Å². The van der Waals surface area contributed by atoms with Crippen LogP contribution in [0.15, 0.2) is 40.9 Å². The van der Waals surface area contributed by atoms with E-state index in [4.69, 9.17) is 10.3 Å². The van der Waals surface area contributed by atoms with Gasteiger partial charge in [-0.05, 0) is 32.0 Å². The average Bonchev–Trinajstić information content (AvgIpc) is 3.10. The highest BCUT2D eigenvalue weighted by molar-refractivity contribution is 6.02. The zero-order chi connectivity index (χ0) is 18.6. The smallest absolute Gasteiger partial charge is 0.202 e. The number of benzene rings is 2. The van der Waals surface area contributed by atoms with Crippen LogP contribution in [0.3, 0.4) is 0 Å². The number of phenolic OH excluding ortho intramolecular Hbond substituents is 1. The molecule has 0 aliphatic heterocycles. The van der Waals surface area contributed by atoms with Crippen molar-refractivity contribution in [3.8, 4) is 22.7 Å². The second kappa shape index (κ2) is 5.59. The van der Waals surface area contributed by atoms with Crippen molar-refractivity contribution in [2.45, 2.75) is 13.8 Å². The summed E-state index contributed by atoms with van der Waals surface area (Å²) in [7, 11) is 0. The van der Waals surface area contributed by atoms with Crippen molar-refractivity contribution in [1.82, 2.24) is 9.72 Å². The van der Waals surface area contributed by atoms with Crippen molar-refractivity contribution >= 4 is 16.6 Å². The number of rotatable bonds is 2. The molecule has 0 spiro atoms. The van der Waals surface area contributed by atoms with Gasteiger partial charge in [0.1, 0.15) is 5.76 Å². The molecular weight excluding hydrogens is 340 g/mol. The molecule has 2 aromatic heterocycles. The van der Waals surface area contributed by atoms with Gasteiger partial charge < -0.3 is 19.9 Å². The largest absolute Gasteiger partial charge is 0.505 e. The lowest BCUT2D eigenvalue weighted by atomic mass is 10.1. The second-order valence-corrected chi connectivity index (χ2v) is 6.05. The van der Waals surface area contributed by atoms with E-state index in [9.17, 15) is 13.9 Å². The van der Waals surface area contributed by atoms with Gasteiger partial charge in [0.2, 0.25) is 5.82 Å². The summed E-state index contributed by atoms with van der Waals surface area (Å²) < 4.78 is 35.4. The minimum Gasteiger partial charge on any atom is -0.505 e. The summed E-state index contributed by atoms with van der Waals surface area (Å²) in [4.78, 5) is 0. The highest BCUT2D eigenvalue weighted by Crippen LogP contribution is 2.42. The predicted molar refractivity (Wildman–Crippen MR) is 94.2 cm³/mol. The molecule has 4 aromatic rings. The van der Waals surface area contributed by atoms with E-state index < -0.39 is 17.4 Å². The number of aromatic hydroxyl groups is 1. The third-order valence-corrected chi connectivity index (χ3v) is 4.47. The molecule has 4 rings (SSSR count). The number of phenols is 1. The molecule has 0 aliphatic carbocycles. The molecule has 0 fully saturated rings. The van der Waals surface area contributed by atoms with Crippen LogP contribution in [0.4, 0.5) is 14.5 Å². The molecule has 0 bridgehead atoms. The first-order valence-electron chi connectivity index (χ1n) is 7.91. The Bertz CT molecular complexity index is 1140. The summed E-state index contributed by atoms with van der Waals surface area (Å²) >= 11 is 0. The number of nitrogen functional groups attached to an aromatic ring is 1. The van der Waals surface area contributed by atoms with Crippen LogP contribution in [0.5, 0.6) is 5.75 Å². The maximum Gasteiger partial charge on any atom is 0.202 e. The van der Waals surface area contributed by atoms with Gasteiger partial charge in [0.15, 0.2) is 11.6 Å². The highest BCUT2D eigenvalue weighted by atomic mass is 19.2. The molecule has 0 atom stereocenters. The van der Waals surface area contributed by atoms with Crippen molar-refractivity contribution in [2.75, 3.05) is 5.73 Å². The molecule has 26 heavy (non-hydrogen) atoms. The lowest BCUT2D eigenvalue weighted by Crippen LogP contribution is -2.04. The maximum absolute atomic E-state index is 14.7. The van der Waals surface area contributed by atoms with E-state index in [0.717, 1.165) is 6.07 Å². The quantitative estimate of drug-likeness (QED) is 0.556. The Kier molecular flexibility index (Phi) is 3.47. The average molecular weight is 355 g/mol. The topological polar surface area (TPSA) is 77.2 Å². The summed E-state index contributed by atoms with van der Waals surface area (Å²) in [6.07, 6.45) is 0. The molecular formula is C19H15F2N3O2. The van der Waals surface area contributed by atoms with Crippen LogP contribution >= 0.6 is 0 Å². The molecule has 0 saturated carbocycles. The molecule has 5 nitrogen and oxygen atoms in total. The van der Waals surface area contributed by atoms with Crippen LogP contribution in [-0.2, 0) is 0 Å². The summed E-state index contributed by atoms with van der Waals surface area (Å²) in [5.74, 6) is -2.73. The molecule has 0 saturated heterocycles. The summed E-state index contributed by atoms with van der Waals surface area (Å²) in [6, 6.07) is 9.57. The SMILES string of the molecule is Cc1noc(C)c1-c1c(N)c2ccccc2n1-c1ccc(O)c(F)c1F. The molecule has 132 valence electrons. The van der Waals surface area contributed by atoms with Gasteiger partial charge in [0.05, 0.1) is 33.8 Å². The van der Waals surface area contributed by atoms with Crippen LogP contribution in [0.1, 0.15) is 11.5 Å². The number of nitrogens with zero attached hydrogens (tertiary/aromatic N) is 2. The Hall–Kier alpha value is -3.35. The van der Waals surface area contributed by atoms with Crippen LogP contribution in [-0.4, -0.2) is 14.8 Å². The molecule has 0 unspecified atom stereocenters. The number of aromatic nitrogens is 2. The van der Waals surface area contributed by atoms with E-state index in [1.807, 2.05) is 6.07 Å². The highest BCUT2D eigenvalue weighted by Gasteiger charge is 2.26. The van der Waals surface area contributed by atoms with Gasteiger partial charge in [-0.1, -0.05) is 23.4 Å². The number of aryl methyl sites for hydroxylation is 2. The van der Waals surface area contributed by atoms with Gasteiger partial charge in [0, 0.05) is 5.39 Å². The van der Waals surface area contributed by atoms with Crippen LogP contribution in [0.2, 0.25) is 0 Å². The van der Waals surface area contributed by atoms with Crippen LogP contribution in [0.25, 0.3) is 27.8 Å². The first-order chi connectivity index (χ1) is 12.4. The van der Waals surface area contributed by atoms with E-state index in [1.165, 1.54) is 10.6 Å². The Morgan fingerprint density at radius 1 is 1.08 bits per heavy atom. The number of hydrogen-bond acceptors (Lipinski definition) is 4. The fourth-order valence-corrected chi connectivity index (χ4v) is 3.28. The summed E-state index contributed by atoms with van der Waals surface area (Å²) in [5, 5.41) is 14.1. The van der Waals surface area contributed by atoms with Gasteiger partial charge in [-0.2, -0.15) is 4.39 Å². The summed E-state index contributed by atoms with van der Waals surface area (Å²) in [5.41, 5.74) is 8.97. The van der Waals surface area contributed by atoms with Gasteiger partial charge in [-0.15, -0.1) is 0 Å². The lowest BCUT2D eigenvalue weighted by molar-refractivity contribution is 0.393. The third kappa shape index (κ3) is 2.10. The van der Waals surface area contributed by atoms with E-state index >= 15 is 0 Å². The normalized spacial score (nSPS) is 11.4. The number of nitrogens with two attached hydrogens (primary N) is 1. The zero-order valence-electron chi connectivity index (χ0n) is 14.0. The van der Waals surface area contributed by atoms with Gasteiger partial charge >= 0.3 is 0 Å². The molecule has 3 N–H and O–H groups in total. The fraction of sp³-hybridized carbons (Fsp3) is 0.105. The van der Waals surface area contributed by atoms with Crippen molar-refractivity contribution in [2.24, 2.45) is 0 Å². The van der Waals surface area contributed by atoms with Gasteiger partial charge in [0.25, 0.3) is 0 Å². The van der Waals surface area contributed by atoms with Crippen molar-refractivity contribution in [3.63, 3.8) is 0 Å². The number of para-hydroxylation sites is 1. The zero-order valence-corrected chi connectivity index (χ0v) is 14.0. The number of hydrogen-bond donors (Lipinski definition) is 2. The van der Waals surface area contributed by atoms with Crippen molar-refractivity contribution in [1.29, 1.82) is 0 Å². The van der Waals surface area contributed by atoms with Crippen LogP contribution in [0, 0.1) is 25.5 Å². The predicted octanol–water partition coefficient (Wildman–Crippen LogP) is 4.47. The number of fused-ring (bicyclic) bond motifs is 1. The Morgan fingerprint density at radius 3 is 2.50 bits per heavy atom.